The van der Waals surface area contributed by atoms with Gasteiger partial charge in [0.15, 0.2) is 0 Å². The topological polar surface area (TPSA) is 59.9 Å². The Bertz CT molecular complexity index is 826. The van der Waals surface area contributed by atoms with Crippen LogP contribution in [0.25, 0.3) is 0 Å². The molecule has 1 N–H and O–H groups in total. The Morgan fingerprint density at radius 1 is 1.08 bits per heavy atom. The number of hydrogen-bond acceptors (Lipinski definition) is 5. The van der Waals surface area contributed by atoms with E-state index in [0.717, 1.165) is 17.0 Å². The number of ether oxygens (including phenoxy) is 1. The second kappa shape index (κ2) is 7.04. The van der Waals surface area contributed by atoms with Crippen LogP contribution in [0.15, 0.2) is 54.7 Å². The van der Waals surface area contributed by atoms with Crippen molar-refractivity contribution >= 4 is 5.95 Å². The van der Waals surface area contributed by atoms with Crippen LogP contribution in [-0.2, 0) is 0 Å². The predicted octanol–water partition coefficient (Wildman–Crippen LogP) is 3.53. The van der Waals surface area contributed by atoms with Gasteiger partial charge in [0.2, 0.25) is 11.8 Å². The summed E-state index contributed by atoms with van der Waals surface area (Å²) in [5.74, 6) is 0.550. The van der Waals surface area contributed by atoms with Gasteiger partial charge >= 0.3 is 0 Å². The lowest BCUT2D eigenvalue weighted by atomic mass is 10.0. The third-order valence-corrected chi connectivity index (χ3v) is 3.48. The molecule has 2 heterocycles. The van der Waals surface area contributed by atoms with Crippen LogP contribution in [0.2, 0.25) is 0 Å². The van der Waals surface area contributed by atoms with Gasteiger partial charge in [0.05, 0.1) is 18.8 Å². The maximum Gasteiger partial charge on any atom is 0.227 e. The van der Waals surface area contributed by atoms with Crippen molar-refractivity contribution in [3.05, 3.63) is 77.5 Å². The average Bonchev–Trinajstić information content (AvgIpc) is 2.60. The van der Waals surface area contributed by atoms with Crippen molar-refractivity contribution in [2.75, 3.05) is 12.4 Å². The van der Waals surface area contributed by atoms with Gasteiger partial charge < -0.3 is 10.1 Å². The molecule has 3 rings (SSSR count). The van der Waals surface area contributed by atoms with Crippen LogP contribution in [0.3, 0.4) is 0 Å². The third kappa shape index (κ3) is 3.65. The molecule has 0 saturated carbocycles. The van der Waals surface area contributed by atoms with Crippen molar-refractivity contribution < 1.29 is 9.13 Å². The summed E-state index contributed by atoms with van der Waals surface area (Å²) in [6, 6.07) is 13.3. The highest BCUT2D eigenvalue weighted by atomic mass is 19.1. The number of aromatic nitrogens is 3. The second-order valence-corrected chi connectivity index (χ2v) is 5.26. The highest BCUT2D eigenvalue weighted by Gasteiger charge is 2.17. The minimum Gasteiger partial charge on any atom is -0.481 e. The molecule has 1 atom stereocenters. The number of anilines is 1. The van der Waals surface area contributed by atoms with Crippen molar-refractivity contribution in [1.29, 1.82) is 0 Å². The number of benzene rings is 1. The lowest BCUT2D eigenvalue weighted by Crippen LogP contribution is -2.16. The van der Waals surface area contributed by atoms with Crippen molar-refractivity contribution in [2.24, 2.45) is 0 Å². The molecule has 0 saturated heterocycles. The highest BCUT2D eigenvalue weighted by molar-refractivity contribution is 5.40. The molecule has 0 amide bonds. The van der Waals surface area contributed by atoms with E-state index in [4.69, 9.17) is 4.74 Å². The monoisotopic (exact) mass is 324 g/mol. The molecule has 0 aliphatic carbocycles. The molecule has 5 nitrogen and oxygen atoms in total. The van der Waals surface area contributed by atoms with Gasteiger partial charge in [0.1, 0.15) is 5.82 Å². The number of nitrogens with zero attached hydrogens (tertiary/aromatic N) is 3. The summed E-state index contributed by atoms with van der Waals surface area (Å²) in [7, 11) is 1.55. The first-order valence-electron chi connectivity index (χ1n) is 7.48. The minimum absolute atomic E-state index is 0.307. The van der Waals surface area contributed by atoms with E-state index in [0.29, 0.717) is 11.8 Å². The Hall–Kier alpha value is -3.02. The molecular weight excluding hydrogens is 307 g/mol. The molecule has 1 aromatic carbocycles. The van der Waals surface area contributed by atoms with Gasteiger partial charge in [-0.2, -0.15) is 4.98 Å². The SMILES string of the molecule is COc1cc(C)nc(NC(c2cccc(F)c2)c2ccccn2)n1. The Balaban J connectivity index is 2.01. The summed E-state index contributed by atoms with van der Waals surface area (Å²) >= 11 is 0. The molecule has 1 unspecified atom stereocenters. The standard InChI is InChI=1S/C18H17FN4O/c1-12-10-16(24-2)22-18(21-12)23-17(15-8-3-4-9-20-15)13-6-5-7-14(19)11-13/h3-11,17H,1-2H3,(H,21,22,23). The fourth-order valence-electron chi connectivity index (χ4n) is 2.40. The molecule has 3 aromatic rings. The number of aryl methyl sites for hydroxylation is 1. The molecule has 0 radical (unpaired) electrons. The fraction of sp³-hybridized carbons (Fsp3) is 0.167. The molecule has 6 heteroatoms. The number of methoxy groups -OCH3 is 1. The van der Waals surface area contributed by atoms with Gasteiger partial charge in [-0.05, 0) is 36.8 Å². The van der Waals surface area contributed by atoms with Gasteiger partial charge in [-0.15, -0.1) is 0 Å². The van der Waals surface area contributed by atoms with E-state index >= 15 is 0 Å². The Morgan fingerprint density at radius 2 is 1.96 bits per heavy atom. The summed E-state index contributed by atoms with van der Waals surface area (Å²) in [6.07, 6.45) is 1.70. The zero-order valence-electron chi connectivity index (χ0n) is 13.4. The highest BCUT2D eigenvalue weighted by Crippen LogP contribution is 2.25. The lowest BCUT2D eigenvalue weighted by Gasteiger charge is -2.19. The smallest absolute Gasteiger partial charge is 0.227 e. The molecule has 122 valence electrons. The van der Waals surface area contributed by atoms with Crippen LogP contribution in [0.1, 0.15) is 23.0 Å². The van der Waals surface area contributed by atoms with E-state index in [1.807, 2.05) is 31.2 Å². The fourth-order valence-corrected chi connectivity index (χ4v) is 2.40. The van der Waals surface area contributed by atoms with Gasteiger partial charge in [-0.3, -0.25) is 4.98 Å². The van der Waals surface area contributed by atoms with Crippen LogP contribution >= 0.6 is 0 Å². The summed E-state index contributed by atoms with van der Waals surface area (Å²) < 4.78 is 18.8. The zero-order valence-corrected chi connectivity index (χ0v) is 13.4. The maximum absolute atomic E-state index is 13.7. The van der Waals surface area contributed by atoms with E-state index in [1.165, 1.54) is 12.1 Å². The Kier molecular flexibility index (Phi) is 4.65. The largest absolute Gasteiger partial charge is 0.481 e. The Morgan fingerprint density at radius 3 is 2.67 bits per heavy atom. The molecule has 0 aliphatic heterocycles. The number of halogens is 1. The molecule has 2 aromatic heterocycles. The van der Waals surface area contributed by atoms with Crippen LogP contribution in [0.4, 0.5) is 10.3 Å². The van der Waals surface area contributed by atoms with Crippen LogP contribution < -0.4 is 10.1 Å². The first-order valence-corrected chi connectivity index (χ1v) is 7.48. The second-order valence-electron chi connectivity index (χ2n) is 5.26. The van der Waals surface area contributed by atoms with E-state index in [-0.39, 0.29) is 11.9 Å². The predicted molar refractivity (Wildman–Crippen MR) is 89.4 cm³/mol. The number of nitrogens with one attached hydrogen (secondary N) is 1. The molecular formula is C18H17FN4O. The zero-order chi connectivity index (χ0) is 16.9. The van der Waals surface area contributed by atoms with Gasteiger partial charge in [0, 0.05) is 18.0 Å². The van der Waals surface area contributed by atoms with Gasteiger partial charge in [-0.1, -0.05) is 18.2 Å². The Labute approximate surface area is 139 Å². The van der Waals surface area contributed by atoms with Crippen molar-refractivity contribution in [3.8, 4) is 5.88 Å². The summed E-state index contributed by atoms with van der Waals surface area (Å²) in [4.78, 5) is 13.0. The van der Waals surface area contributed by atoms with E-state index in [9.17, 15) is 4.39 Å². The lowest BCUT2D eigenvalue weighted by molar-refractivity contribution is 0.397. The van der Waals surface area contributed by atoms with Crippen molar-refractivity contribution in [2.45, 2.75) is 13.0 Å². The van der Waals surface area contributed by atoms with E-state index in [2.05, 4.69) is 20.3 Å². The molecule has 0 aliphatic rings. The maximum atomic E-state index is 13.7. The molecule has 24 heavy (non-hydrogen) atoms. The number of hydrogen-bond donors (Lipinski definition) is 1. The van der Waals surface area contributed by atoms with Crippen LogP contribution in [0.5, 0.6) is 5.88 Å². The van der Waals surface area contributed by atoms with Crippen LogP contribution in [-0.4, -0.2) is 22.1 Å². The minimum atomic E-state index is -0.381. The molecule has 0 fully saturated rings. The quantitative estimate of drug-likeness (QED) is 0.778. The number of pyridine rings is 1. The van der Waals surface area contributed by atoms with Gasteiger partial charge in [-0.25, -0.2) is 9.37 Å². The average molecular weight is 324 g/mol. The van der Waals surface area contributed by atoms with Gasteiger partial charge in [0.25, 0.3) is 0 Å². The molecule has 0 bridgehead atoms. The summed E-state index contributed by atoms with van der Waals surface area (Å²) in [5.41, 5.74) is 2.24. The number of rotatable bonds is 5. The van der Waals surface area contributed by atoms with E-state index in [1.54, 1.807) is 25.4 Å². The third-order valence-electron chi connectivity index (χ3n) is 3.48. The first kappa shape index (κ1) is 15.9. The molecule has 0 spiro atoms. The van der Waals surface area contributed by atoms with Crippen molar-refractivity contribution in [1.82, 2.24) is 15.0 Å². The summed E-state index contributed by atoms with van der Waals surface area (Å²) in [5, 5.41) is 3.22. The van der Waals surface area contributed by atoms with Crippen molar-refractivity contribution in [3.63, 3.8) is 0 Å². The first-order chi connectivity index (χ1) is 11.7. The normalized spacial score (nSPS) is 11.8. The van der Waals surface area contributed by atoms with Crippen LogP contribution in [0, 0.1) is 12.7 Å². The van der Waals surface area contributed by atoms with E-state index < -0.39 is 0 Å². The summed E-state index contributed by atoms with van der Waals surface area (Å²) in [6.45, 7) is 1.85.